The summed E-state index contributed by atoms with van der Waals surface area (Å²) in [5, 5.41) is 7.95. The van der Waals surface area contributed by atoms with Gasteiger partial charge in [-0.25, -0.2) is 9.07 Å². The molecule has 4 rings (SSSR count). The Bertz CT molecular complexity index is 960. The van der Waals surface area contributed by atoms with Gasteiger partial charge in [-0.3, -0.25) is 0 Å². The van der Waals surface area contributed by atoms with Crippen molar-refractivity contribution >= 4 is 28.9 Å². The van der Waals surface area contributed by atoms with Gasteiger partial charge >= 0.3 is 0 Å². The Morgan fingerprint density at radius 1 is 1.00 bits per heavy atom. The molecule has 3 aromatic rings. The van der Waals surface area contributed by atoms with Crippen molar-refractivity contribution < 1.29 is 4.39 Å². The summed E-state index contributed by atoms with van der Waals surface area (Å²) in [6.07, 6.45) is 1.53. The maximum atomic E-state index is 13.6. The lowest BCUT2D eigenvalue weighted by Gasteiger charge is -2.34. The van der Waals surface area contributed by atoms with Gasteiger partial charge in [-0.05, 0) is 55.9 Å². The van der Waals surface area contributed by atoms with Crippen LogP contribution in [-0.4, -0.2) is 52.9 Å². The minimum absolute atomic E-state index is 0.315. The van der Waals surface area contributed by atoms with Crippen molar-refractivity contribution in [1.29, 1.82) is 0 Å². The molecule has 146 valence electrons. The fraction of sp³-hybridized carbons (Fsp3) is 0.300. The van der Waals surface area contributed by atoms with E-state index in [0.717, 1.165) is 37.4 Å². The molecule has 8 heteroatoms. The summed E-state index contributed by atoms with van der Waals surface area (Å²) in [5.41, 5.74) is 3.79. The molecule has 0 spiro atoms. The van der Waals surface area contributed by atoms with Crippen LogP contribution in [0.2, 0.25) is 5.02 Å². The van der Waals surface area contributed by atoms with E-state index < -0.39 is 5.82 Å². The average molecular weight is 401 g/mol. The van der Waals surface area contributed by atoms with Gasteiger partial charge in [0, 0.05) is 42.6 Å². The number of anilines is 3. The monoisotopic (exact) mass is 400 g/mol. The number of nitrogens with zero attached hydrogens (tertiary/aromatic N) is 5. The molecular weight excluding hydrogens is 379 g/mol. The molecule has 0 saturated carbocycles. The third kappa shape index (κ3) is 4.26. The van der Waals surface area contributed by atoms with Gasteiger partial charge in [-0.2, -0.15) is 4.98 Å². The average Bonchev–Trinajstić information content (AvgIpc) is 3.09. The first-order valence-corrected chi connectivity index (χ1v) is 9.54. The van der Waals surface area contributed by atoms with E-state index in [-0.39, 0.29) is 0 Å². The molecule has 0 unspecified atom stereocenters. The lowest BCUT2D eigenvalue weighted by molar-refractivity contribution is 0.313. The van der Waals surface area contributed by atoms with Crippen molar-refractivity contribution in [2.45, 2.75) is 6.92 Å². The highest BCUT2D eigenvalue weighted by atomic mass is 35.5. The Kier molecular flexibility index (Phi) is 5.19. The van der Waals surface area contributed by atoms with Gasteiger partial charge in [0.15, 0.2) is 0 Å². The zero-order valence-electron chi connectivity index (χ0n) is 15.9. The highest BCUT2D eigenvalue weighted by molar-refractivity contribution is 6.30. The van der Waals surface area contributed by atoms with Gasteiger partial charge in [-0.15, -0.1) is 5.10 Å². The van der Waals surface area contributed by atoms with E-state index in [1.165, 1.54) is 28.8 Å². The third-order valence-electron chi connectivity index (χ3n) is 4.79. The van der Waals surface area contributed by atoms with Crippen molar-refractivity contribution in [3.05, 3.63) is 59.1 Å². The number of benzene rings is 2. The zero-order valence-corrected chi connectivity index (χ0v) is 16.6. The second-order valence-corrected chi connectivity index (χ2v) is 7.55. The second-order valence-electron chi connectivity index (χ2n) is 7.11. The van der Waals surface area contributed by atoms with Gasteiger partial charge in [-0.1, -0.05) is 11.6 Å². The van der Waals surface area contributed by atoms with Crippen LogP contribution in [0, 0.1) is 12.7 Å². The molecule has 2 heterocycles. The number of hydrogen-bond acceptors (Lipinski definition) is 5. The minimum Gasteiger partial charge on any atom is -0.369 e. The fourth-order valence-corrected chi connectivity index (χ4v) is 3.54. The predicted octanol–water partition coefficient (Wildman–Crippen LogP) is 3.86. The highest BCUT2D eigenvalue weighted by Crippen LogP contribution is 2.25. The van der Waals surface area contributed by atoms with Crippen LogP contribution in [-0.2, 0) is 0 Å². The van der Waals surface area contributed by atoms with Crippen LogP contribution in [0.5, 0.6) is 0 Å². The number of hydrogen-bond donors (Lipinski definition) is 1. The fourth-order valence-electron chi connectivity index (χ4n) is 3.33. The van der Waals surface area contributed by atoms with E-state index in [2.05, 4.69) is 57.4 Å². The summed E-state index contributed by atoms with van der Waals surface area (Å²) in [6, 6.07) is 10.6. The summed E-state index contributed by atoms with van der Waals surface area (Å²) in [7, 11) is 2.15. The van der Waals surface area contributed by atoms with E-state index in [1.54, 1.807) is 6.07 Å². The van der Waals surface area contributed by atoms with E-state index in [0.29, 0.717) is 16.7 Å². The molecule has 1 fully saturated rings. The molecule has 0 atom stereocenters. The van der Waals surface area contributed by atoms with Crippen LogP contribution < -0.4 is 10.2 Å². The van der Waals surface area contributed by atoms with E-state index >= 15 is 0 Å². The highest BCUT2D eigenvalue weighted by Gasteiger charge is 2.15. The SMILES string of the molecule is Cc1cc(Nc2ncn(-c3cc(F)cc(Cl)c3)n2)cc(N2CCN(C)CC2)c1. The second kappa shape index (κ2) is 7.77. The number of rotatable bonds is 4. The van der Waals surface area contributed by atoms with Crippen molar-refractivity contribution in [2.24, 2.45) is 0 Å². The van der Waals surface area contributed by atoms with Gasteiger partial charge in [0.05, 0.1) is 5.69 Å². The number of halogens is 2. The molecule has 1 saturated heterocycles. The molecule has 28 heavy (non-hydrogen) atoms. The van der Waals surface area contributed by atoms with E-state index in [4.69, 9.17) is 11.6 Å². The molecule has 6 nitrogen and oxygen atoms in total. The van der Waals surface area contributed by atoms with Gasteiger partial charge in [0.25, 0.3) is 0 Å². The van der Waals surface area contributed by atoms with Crippen molar-refractivity contribution in [3.8, 4) is 5.69 Å². The summed E-state index contributed by atoms with van der Waals surface area (Å²) < 4.78 is 15.1. The first kappa shape index (κ1) is 18.7. The quantitative estimate of drug-likeness (QED) is 0.720. The Morgan fingerprint density at radius 3 is 2.54 bits per heavy atom. The Morgan fingerprint density at radius 2 is 1.79 bits per heavy atom. The number of aromatic nitrogens is 3. The largest absolute Gasteiger partial charge is 0.369 e. The summed E-state index contributed by atoms with van der Waals surface area (Å²) in [4.78, 5) is 9.01. The lowest BCUT2D eigenvalue weighted by Crippen LogP contribution is -2.44. The molecule has 0 amide bonds. The molecule has 0 radical (unpaired) electrons. The number of likely N-dealkylation sites (N-methyl/N-ethyl adjacent to an activating group) is 1. The van der Waals surface area contributed by atoms with Crippen LogP contribution >= 0.6 is 11.6 Å². The summed E-state index contributed by atoms with van der Waals surface area (Å²) in [5.74, 6) is 0.0262. The van der Waals surface area contributed by atoms with Crippen LogP contribution in [0.1, 0.15) is 5.56 Å². The Labute approximate surface area is 168 Å². The zero-order chi connectivity index (χ0) is 19.7. The number of nitrogens with one attached hydrogen (secondary N) is 1. The molecule has 0 aliphatic carbocycles. The molecule has 0 bridgehead atoms. The molecule has 1 aliphatic heterocycles. The molecule has 1 aliphatic rings. The van der Waals surface area contributed by atoms with Crippen LogP contribution in [0.15, 0.2) is 42.7 Å². The Balaban J connectivity index is 1.54. The smallest absolute Gasteiger partial charge is 0.246 e. The standard InChI is InChI=1S/C20H22ClFN6/c1-14-7-17(12-18(8-14)27-5-3-26(2)4-6-27)24-20-23-13-28(25-20)19-10-15(21)9-16(22)11-19/h7-13H,3-6H2,1-2H3,(H,24,25). The maximum absolute atomic E-state index is 13.6. The minimum atomic E-state index is -0.414. The number of piperazine rings is 1. The maximum Gasteiger partial charge on any atom is 0.246 e. The van der Waals surface area contributed by atoms with Crippen molar-refractivity contribution in [2.75, 3.05) is 43.4 Å². The van der Waals surface area contributed by atoms with E-state index in [1.807, 2.05) is 0 Å². The predicted molar refractivity (Wildman–Crippen MR) is 110 cm³/mol. The first-order valence-electron chi connectivity index (χ1n) is 9.17. The lowest BCUT2D eigenvalue weighted by atomic mass is 10.1. The van der Waals surface area contributed by atoms with E-state index in [9.17, 15) is 4.39 Å². The normalized spacial score (nSPS) is 15.1. The molecule has 2 aromatic carbocycles. The topological polar surface area (TPSA) is 49.2 Å². The van der Waals surface area contributed by atoms with Crippen LogP contribution in [0.4, 0.5) is 21.7 Å². The summed E-state index contributed by atoms with van der Waals surface area (Å²) in [6.45, 7) is 6.20. The summed E-state index contributed by atoms with van der Waals surface area (Å²) >= 11 is 5.93. The van der Waals surface area contributed by atoms with Gasteiger partial charge < -0.3 is 15.1 Å². The first-order chi connectivity index (χ1) is 13.5. The molecule has 1 aromatic heterocycles. The number of aryl methyl sites for hydroxylation is 1. The van der Waals surface area contributed by atoms with Gasteiger partial charge in [0.1, 0.15) is 12.1 Å². The van der Waals surface area contributed by atoms with Crippen LogP contribution in [0.25, 0.3) is 5.69 Å². The van der Waals surface area contributed by atoms with Crippen molar-refractivity contribution in [3.63, 3.8) is 0 Å². The molecular formula is C20H22ClFN6. The van der Waals surface area contributed by atoms with Crippen LogP contribution in [0.3, 0.4) is 0 Å². The Hall–Kier alpha value is -2.64. The van der Waals surface area contributed by atoms with Gasteiger partial charge in [0.2, 0.25) is 5.95 Å². The molecule has 1 N–H and O–H groups in total. The third-order valence-corrected chi connectivity index (χ3v) is 5.01. The van der Waals surface area contributed by atoms with Crippen molar-refractivity contribution in [1.82, 2.24) is 19.7 Å².